The molecule has 0 N–H and O–H groups in total. The number of hydrogen-bond acceptors (Lipinski definition) is 4. The third-order valence-electron chi connectivity index (χ3n) is 4.03. The van der Waals surface area contributed by atoms with E-state index in [0.29, 0.717) is 0 Å². The van der Waals surface area contributed by atoms with Gasteiger partial charge >= 0.3 is 0 Å². The van der Waals surface area contributed by atoms with Crippen molar-refractivity contribution in [3.63, 3.8) is 0 Å². The summed E-state index contributed by atoms with van der Waals surface area (Å²) in [5, 5.41) is 2.12. The highest BCUT2D eigenvalue weighted by molar-refractivity contribution is 7.13. The van der Waals surface area contributed by atoms with Gasteiger partial charge in [0.25, 0.3) is 0 Å². The minimum Gasteiger partial charge on any atom is -0.486 e. The molecule has 4 rings (SSSR count). The fraction of sp³-hybridized carbons (Fsp3) is 0.211. The summed E-state index contributed by atoms with van der Waals surface area (Å²) in [6.07, 6.45) is 3.82. The molecule has 4 heteroatoms. The fourth-order valence-electron chi connectivity index (χ4n) is 2.81. The van der Waals surface area contributed by atoms with Gasteiger partial charge in [-0.1, -0.05) is 30.3 Å². The molecule has 2 aromatic heterocycles. The normalized spacial score (nSPS) is 15.3. The van der Waals surface area contributed by atoms with E-state index < -0.39 is 0 Å². The van der Waals surface area contributed by atoms with Gasteiger partial charge in [-0.3, -0.25) is 9.88 Å². The second-order valence-corrected chi connectivity index (χ2v) is 6.74. The summed E-state index contributed by atoms with van der Waals surface area (Å²) in [6.45, 7) is 2.93. The van der Waals surface area contributed by atoms with Crippen molar-refractivity contribution in [1.82, 2.24) is 9.88 Å². The van der Waals surface area contributed by atoms with Crippen LogP contribution < -0.4 is 4.74 Å². The zero-order chi connectivity index (χ0) is 15.5. The van der Waals surface area contributed by atoms with Gasteiger partial charge in [-0.2, -0.15) is 0 Å². The molecule has 0 spiro atoms. The Balaban J connectivity index is 1.29. The molecule has 1 aliphatic rings. The Morgan fingerprint density at radius 3 is 2.65 bits per heavy atom. The first-order valence-corrected chi connectivity index (χ1v) is 8.67. The van der Waals surface area contributed by atoms with E-state index in [-0.39, 0.29) is 6.10 Å². The van der Waals surface area contributed by atoms with E-state index in [2.05, 4.69) is 51.7 Å². The minimum absolute atomic E-state index is 0.282. The lowest BCUT2D eigenvalue weighted by molar-refractivity contribution is 0.0144. The monoisotopic (exact) mass is 322 g/mol. The molecule has 23 heavy (non-hydrogen) atoms. The van der Waals surface area contributed by atoms with Crippen LogP contribution in [-0.4, -0.2) is 29.1 Å². The van der Waals surface area contributed by atoms with E-state index in [9.17, 15) is 0 Å². The smallest absolute Gasteiger partial charge is 0.138 e. The molecular weight excluding hydrogens is 304 g/mol. The van der Waals surface area contributed by atoms with Gasteiger partial charge in [0, 0.05) is 30.7 Å². The van der Waals surface area contributed by atoms with Gasteiger partial charge in [0.2, 0.25) is 0 Å². The maximum Gasteiger partial charge on any atom is 0.138 e. The van der Waals surface area contributed by atoms with Gasteiger partial charge in [0.1, 0.15) is 11.9 Å². The Morgan fingerprint density at radius 1 is 1.09 bits per heavy atom. The number of pyridine rings is 1. The van der Waals surface area contributed by atoms with Crippen LogP contribution >= 0.6 is 11.3 Å². The molecule has 3 heterocycles. The number of hydrogen-bond donors (Lipinski definition) is 0. The topological polar surface area (TPSA) is 25.4 Å². The van der Waals surface area contributed by atoms with Gasteiger partial charge < -0.3 is 4.74 Å². The largest absolute Gasteiger partial charge is 0.486 e. The van der Waals surface area contributed by atoms with Crippen molar-refractivity contribution in [2.45, 2.75) is 12.6 Å². The lowest BCUT2D eigenvalue weighted by Gasteiger charge is -2.38. The maximum atomic E-state index is 5.88. The molecule has 1 aromatic carbocycles. The molecule has 0 unspecified atom stereocenters. The number of likely N-dealkylation sites (tertiary alicyclic amines) is 1. The average molecular weight is 322 g/mol. The summed E-state index contributed by atoms with van der Waals surface area (Å²) in [7, 11) is 0. The summed E-state index contributed by atoms with van der Waals surface area (Å²) >= 11 is 1.78. The molecule has 0 saturated carbocycles. The van der Waals surface area contributed by atoms with Crippen LogP contribution in [0.4, 0.5) is 0 Å². The number of benzene rings is 1. The van der Waals surface area contributed by atoms with E-state index in [1.54, 1.807) is 23.7 Å². The lowest BCUT2D eigenvalue weighted by Crippen LogP contribution is -2.53. The van der Waals surface area contributed by atoms with Crippen LogP contribution in [0.2, 0.25) is 0 Å². The van der Waals surface area contributed by atoms with Crippen LogP contribution in [0.25, 0.3) is 10.4 Å². The van der Waals surface area contributed by atoms with Gasteiger partial charge in [-0.05, 0) is 34.7 Å². The SMILES string of the molecule is c1cncc(OC2CN(Cc3ccc(-c4cccs4)cc3)C2)c1. The third kappa shape index (κ3) is 3.44. The number of nitrogens with zero attached hydrogens (tertiary/aromatic N) is 2. The van der Waals surface area contributed by atoms with Crippen molar-refractivity contribution < 1.29 is 4.74 Å². The van der Waals surface area contributed by atoms with Crippen LogP contribution in [0.3, 0.4) is 0 Å². The molecule has 0 atom stereocenters. The molecule has 1 aliphatic heterocycles. The Labute approximate surface area is 140 Å². The highest BCUT2D eigenvalue weighted by atomic mass is 32.1. The van der Waals surface area contributed by atoms with Crippen molar-refractivity contribution in [3.8, 4) is 16.2 Å². The van der Waals surface area contributed by atoms with E-state index in [4.69, 9.17) is 4.74 Å². The summed E-state index contributed by atoms with van der Waals surface area (Å²) in [6, 6.07) is 17.0. The van der Waals surface area contributed by atoms with Crippen LogP contribution in [0.5, 0.6) is 5.75 Å². The first-order valence-electron chi connectivity index (χ1n) is 7.79. The van der Waals surface area contributed by atoms with Crippen LogP contribution in [-0.2, 0) is 6.54 Å². The highest BCUT2D eigenvalue weighted by Crippen LogP contribution is 2.25. The zero-order valence-corrected chi connectivity index (χ0v) is 13.6. The number of ether oxygens (including phenoxy) is 1. The van der Waals surface area contributed by atoms with E-state index in [1.807, 2.05) is 12.1 Å². The van der Waals surface area contributed by atoms with Crippen molar-refractivity contribution >= 4 is 11.3 Å². The van der Waals surface area contributed by atoms with Crippen molar-refractivity contribution in [2.75, 3.05) is 13.1 Å². The highest BCUT2D eigenvalue weighted by Gasteiger charge is 2.28. The fourth-order valence-corrected chi connectivity index (χ4v) is 3.54. The van der Waals surface area contributed by atoms with Crippen molar-refractivity contribution in [1.29, 1.82) is 0 Å². The van der Waals surface area contributed by atoms with Gasteiger partial charge in [-0.25, -0.2) is 0 Å². The number of aromatic nitrogens is 1. The quantitative estimate of drug-likeness (QED) is 0.708. The Kier molecular flexibility index (Phi) is 4.09. The van der Waals surface area contributed by atoms with Crippen LogP contribution in [0, 0.1) is 0 Å². The van der Waals surface area contributed by atoms with E-state index >= 15 is 0 Å². The summed E-state index contributed by atoms with van der Waals surface area (Å²) in [5.74, 6) is 0.859. The Hall–Kier alpha value is -2.17. The minimum atomic E-state index is 0.282. The molecule has 1 fully saturated rings. The average Bonchev–Trinajstić information content (AvgIpc) is 3.09. The van der Waals surface area contributed by atoms with Gasteiger partial charge in [0.15, 0.2) is 0 Å². The molecule has 0 amide bonds. The molecule has 3 nitrogen and oxygen atoms in total. The zero-order valence-electron chi connectivity index (χ0n) is 12.8. The molecule has 0 bridgehead atoms. The second-order valence-electron chi connectivity index (χ2n) is 5.80. The predicted molar refractivity (Wildman–Crippen MR) is 93.7 cm³/mol. The van der Waals surface area contributed by atoms with Crippen LogP contribution in [0.15, 0.2) is 66.3 Å². The predicted octanol–water partition coefficient (Wildman–Crippen LogP) is 4.07. The number of rotatable bonds is 5. The summed E-state index contributed by atoms with van der Waals surface area (Å²) in [4.78, 5) is 7.80. The molecular formula is C19H18N2OS. The lowest BCUT2D eigenvalue weighted by atomic mass is 10.1. The third-order valence-corrected chi connectivity index (χ3v) is 4.95. The molecule has 1 saturated heterocycles. The van der Waals surface area contributed by atoms with Crippen molar-refractivity contribution in [3.05, 3.63) is 71.9 Å². The Bertz CT molecular complexity index is 735. The molecule has 0 radical (unpaired) electrons. The first kappa shape index (κ1) is 14.4. The molecule has 0 aliphatic carbocycles. The van der Waals surface area contributed by atoms with E-state index in [0.717, 1.165) is 25.4 Å². The summed E-state index contributed by atoms with van der Waals surface area (Å²) < 4.78 is 5.88. The summed E-state index contributed by atoms with van der Waals surface area (Å²) in [5.41, 5.74) is 2.65. The second kappa shape index (κ2) is 6.52. The number of thiophene rings is 1. The van der Waals surface area contributed by atoms with Crippen LogP contribution in [0.1, 0.15) is 5.56 Å². The van der Waals surface area contributed by atoms with Gasteiger partial charge in [0.05, 0.1) is 6.20 Å². The van der Waals surface area contributed by atoms with E-state index in [1.165, 1.54) is 16.0 Å². The van der Waals surface area contributed by atoms with Gasteiger partial charge in [-0.15, -0.1) is 11.3 Å². The Morgan fingerprint density at radius 2 is 1.96 bits per heavy atom. The molecule has 3 aromatic rings. The standard InChI is InChI=1S/C19H18N2OS/c1-3-17(11-20-9-1)22-18-13-21(14-18)12-15-5-7-16(8-6-15)19-4-2-10-23-19/h1-11,18H,12-14H2. The first-order chi connectivity index (χ1) is 11.4. The molecule has 116 valence electrons. The van der Waals surface area contributed by atoms with Crippen molar-refractivity contribution in [2.24, 2.45) is 0 Å². The maximum absolute atomic E-state index is 5.88.